The number of amides is 1. The largest absolute Gasteiger partial charge is 0.366 e. The van der Waals surface area contributed by atoms with Crippen LogP contribution in [-0.2, 0) is 10.0 Å². The van der Waals surface area contributed by atoms with Gasteiger partial charge in [-0.3, -0.25) is 19.6 Å². The van der Waals surface area contributed by atoms with Gasteiger partial charge in [0, 0.05) is 0 Å². The summed E-state index contributed by atoms with van der Waals surface area (Å²) in [4.78, 5) is 20.5. The van der Waals surface area contributed by atoms with Crippen LogP contribution in [0.1, 0.15) is 10.4 Å². The zero-order valence-corrected chi connectivity index (χ0v) is 12.2. The average molecular weight is 339 g/mol. The molecule has 0 aliphatic rings. The van der Waals surface area contributed by atoms with Gasteiger partial charge in [-0.2, -0.15) is 0 Å². The van der Waals surface area contributed by atoms with E-state index in [9.17, 15) is 27.7 Å². The molecule has 0 spiro atoms. The fourth-order valence-electron chi connectivity index (χ4n) is 1.85. The van der Waals surface area contributed by atoms with Crippen LogP contribution in [0.5, 0.6) is 0 Å². The van der Waals surface area contributed by atoms with E-state index in [1.54, 1.807) is 0 Å². The van der Waals surface area contributed by atoms with Crippen molar-refractivity contribution in [2.75, 3.05) is 4.72 Å². The molecule has 10 heteroatoms. The minimum absolute atomic E-state index is 0.110. The molecule has 0 saturated carbocycles. The second-order valence-electron chi connectivity index (χ2n) is 4.38. The van der Waals surface area contributed by atoms with Gasteiger partial charge in [-0.25, -0.2) is 12.8 Å². The minimum atomic E-state index is -4.43. The maximum absolute atomic E-state index is 13.1. The Hall–Kier alpha value is -3.01. The van der Waals surface area contributed by atoms with Gasteiger partial charge < -0.3 is 5.73 Å². The molecule has 0 fully saturated rings. The first-order chi connectivity index (χ1) is 10.7. The fraction of sp³-hybridized carbons (Fsp3) is 0. The number of nitro groups is 1. The predicted molar refractivity (Wildman–Crippen MR) is 78.8 cm³/mol. The average Bonchev–Trinajstić information content (AvgIpc) is 2.46. The number of nitrogens with zero attached hydrogens (tertiary/aromatic N) is 1. The molecule has 0 unspecified atom stereocenters. The molecule has 2 aromatic carbocycles. The predicted octanol–water partition coefficient (Wildman–Crippen LogP) is 1.63. The SMILES string of the molecule is NC(=O)c1ccccc1NS(=O)(=O)c1ccc(F)cc1[N+](=O)[O-]. The Morgan fingerprint density at radius 3 is 2.48 bits per heavy atom. The number of halogens is 1. The number of rotatable bonds is 5. The molecule has 0 atom stereocenters. The Kier molecular flexibility index (Phi) is 4.27. The molecule has 0 aromatic heterocycles. The maximum Gasteiger partial charge on any atom is 0.292 e. The number of hydrogen-bond donors (Lipinski definition) is 2. The minimum Gasteiger partial charge on any atom is -0.366 e. The van der Waals surface area contributed by atoms with E-state index in [2.05, 4.69) is 0 Å². The van der Waals surface area contributed by atoms with Gasteiger partial charge in [-0.1, -0.05) is 12.1 Å². The van der Waals surface area contributed by atoms with Crippen LogP contribution in [0.2, 0.25) is 0 Å². The van der Waals surface area contributed by atoms with E-state index in [-0.39, 0.29) is 11.3 Å². The molecule has 0 aliphatic heterocycles. The molecule has 23 heavy (non-hydrogen) atoms. The highest BCUT2D eigenvalue weighted by atomic mass is 32.2. The number of nitrogens with two attached hydrogens (primary N) is 1. The summed E-state index contributed by atoms with van der Waals surface area (Å²) in [5.41, 5.74) is 3.97. The number of primary amides is 1. The van der Waals surface area contributed by atoms with E-state index in [1.165, 1.54) is 24.3 Å². The number of para-hydroxylation sites is 1. The van der Waals surface area contributed by atoms with Crippen LogP contribution >= 0.6 is 0 Å². The van der Waals surface area contributed by atoms with Gasteiger partial charge in [0.2, 0.25) is 0 Å². The van der Waals surface area contributed by atoms with Crippen molar-refractivity contribution >= 4 is 27.3 Å². The molecule has 8 nitrogen and oxygen atoms in total. The molecule has 0 radical (unpaired) electrons. The first-order valence-corrected chi connectivity index (χ1v) is 7.56. The van der Waals surface area contributed by atoms with Gasteiger partial charge in [0.25, 0.3) is 21.6 Å². The number of benzene rings is 2. The lowest BCUT2D eigenvalue weighted by molar-refractivity contribution is -0.388. The first kappa shape index (κ1) is 16.4. The van der Waals surface area contributed by atoms with Crippen LogP contribution in [0.15, 0.2) is 47.4 Å². The molecule has 0 aliphatic carbocycles. The monoisotopic (exact) mass is 339 g/mol. The first-order valence-electron chi connectivity index (χ1n) is 6.08. The summed E-state index contributed by atoms with van der Waals surface area (Å²) in [7, 11) is -4.43. The zero-order valence-electron chi connectivity index (χ0n) is 11.4. The summed E-state index contributed by atoms with van der Waals surface area (Å²) in [6.45, 7) is 0. The fourth-order valence-corrected chi connectivity index (χ4v) is 3.08. The summed E-state index contributed by atoms with van der Waals surface area (Å²) in [6.07, 6.45) is 0. The Balaban J connectivity index is 2.53. The number of hydrogen-bond acceptors (Lipinski definition) is 5. The van der Waals surface area contributed by atoms with Gasteiger partial charge in [-0.15, -0.1) is 0 Å². The van der Waals surface area contributed by atoms with E-state index < -0.39 is 37.3 Å². The molecule has 2 aromatic rings. The molecular weight excluding hydrogens is 329 g/mol. The standard InChI is InChI=1S/C13H10FN3O5S/c14-8-5-6-12(11(7-8)17(19)20)23(21,22)16-10-4-2-1-3-9(10)13(15)18/h1-7,16H,(H2,15,18). The smallest absolute Gasteiger partial charge is 0.292 e. The molecule has 120 valence electrons. The van der Waals surface area contributed by atoms with Gasteiger partial charge >= 0.3 is 0 Å². The summed E-state index contributed by atoms with van der Waals surface area (Å²) >= 11 is 0. The molecule has 2 rings (SSSR count). The number of carbonyl (C=O) groups is 1. The highest BCUT2D eigenvalue weighted by Gasteiger charge is 2.27. The van der Waals surface area contributed by atoms with E-state index in [4.69, 9.17) is 5.73 Å². The van der Waals surface area contributed by atoms with Crippen LogP contribution in [-0.4, -0.2) is 19.2 Å². The number of carbonyl (C=O) groups excluding carboxylic acids is 1. The third-order valence-electron chi connectivity index (χ3n) is 2.84. The van der Waals surface area contributed by atoms with Crippen LogP contribution in [0.4, 0.5) is 15.8 Å². The number of sulfonamides is 1. The van der Waals surface area contributed by atoms with E-state index in [0.717, 1.165) is 12.1 Å². The van der Waals surface area contributed by atoms with Gasteiger partial charge in [0.15, 0.2) is 4.90 Å². The second kappa shape index (κ2) is 6.01. The normalized spacial score (nSPS) is 11.0. The van der Waals surface area contributed by atoms with Gasteiger partial charge in [-0.05, 0) is 24.3 Å². The van der Waals surface area contributed by atoms with Crippen molar-refractivity contribution in [2.24, 2.45) is 5.73 Å². The van der Waals surface area contributed by atoms with Crippen LogP contribution in [0, 0.1) is 15.9 Å². The van der Waals surface area contributed by atoms with Crippen molar-refractivity contribution in [3.8, 4) is 0 Å². The lowest BCUT2D eigenvalue weighted by Gasteiger charge is -2.11. The summed E-state index contributed by atoms with van der Waals surface area (Å²) < 4.78 is 39.8. The van der Waals surface area contributed by atoms with E-state index in [0.29, 0.717) is 6.07 Å². The molecule has 1 amide bonds. The topological polar surface area (TPSA) is 132 Å². The van der Waals surface area contributed by atoms with Crippen LogP contribution in [0.25, 0.3) is 0 Å². The zero-order chi connectivity index (χ0) is 17.2. The Morgan fingerprint density at radius 1 is 1.22 bits per heavy atom. The van der Waals surface area contributed by atoms with Crippen molar-refractivity contribution in [1.29, 1.82) is 0 Å². The number of anilines is 1. The Bertz CT molecular complexity index is 898. The molecule has 0 bridgehead atoms. The third kappa shape index (κ3) is 3.43. The lowest BCUT2D eigenvalue weighted by atomic mass is 10.2. The highest BCUT2D eigenvalue weighted by molar-refractivity contribution is 7.92. The van der Waals surface area contributed by atoms with E-state index in [1.807, 2.05) is 4.72 Å². The Labute approximate surface area is 129 Å². The van der Waals surface area contributed by atoms with Crippen molar-refractivity contribution in [1.82, 2.24) is 0 Å². The highest BCUT2D eigenvalue weighted by Crippen LogP contribution is 2.27. The molecular formula is C13H10FN3O5S. The van der Waals surface area contributed by atoms with Crippen molar-refractivity contribution in [3.05, 3.63) is 64.0 Å². The van der Waals surface area contributed by atoms with Gasteiger partial charge in [0.05, 0.1) is 22.2 Å². The third-order valence-corrected chi connectivity index (χ3v) is 4.26. The summed E-state index contributed by atoms with van der Waals surface area (Å²) in [5.74, 6) is -1.83. The number of nitrogens with one attached hydrogen (secondary N) is 1. The summed E-state index contributed by atoms with van der Waals surface area (Å²) in [6, 6.07) is 7.52. The maximum atomic E-state index is 13.1. The molecule has 0 saturated heterocycles. The quantitative estimate of drug-likeness (QED) is 0.631. The Morgan fingerprint density at radius 2 is 1.87 bits per heavy atom. The molecule has 3 N–H and O–H groups in total. The van der Waals surface area contributed by atoms with E-state index >= 15 is 0 Å². The van der Waals surface area contributed by atoms with Crippen molar-refractivity contribution in [3.63, 3.8) is 0 Å². The molecule has 0 heterocycles. The van der Waals surface area contributed by atoms with Crippen LogP contribution in [0.3, 0.4) is 0 Å². The van der Waals surface area contributed by atoms with Crippen LogP contribution < -0.4 is 10.5 Å². The van der Waals surface area contributed by atoms with Crippen molar-refractivity contribution in [2.45, 2.75) is 4.90 Å². The second-order valence-corrected chi connectivity index (χ2v) is 6.04. The number of nitro benzene ring substituents is 1. The lowest BCUT2D eigenvalue weighted by Crippen LogP contribution is -2.19. The summed E-state index contributed by atoms with van der Waals surface area (Å²) in [5, 5.41) is 10.9. The van der Waals surface area contributed by atoms with Gasteiger partial charge in [0.1, 0.15) is 5.82 Å². The van der Waals surface area contributed by atoms with Crippen molar-refractivity contribution < 1.29 is 22.5 Å².